The van der Waals surface area contributed by atoms with Crippen molar-refractivity contribution in [2.45, 2.75) is 16.7 Å². The van der Waals surface area contributed by atoms with Crippen molar-refractivity contribution in [2.75, 3.05) is 12.3 Å². The van der Waals surface area contributed by atoms with E-state index < -0.39 is 0 Å². The van der Waals surface area contributed by atoms with Crippen LogP contribution in [0.4, 0.5) is 5.69 Å². The third-order valence-electron chi connectivity index (χ3n) is 2.54. The van der Waals surface area contributed by atoms with Crippen molar-refractivity contribution in [1.29, 1.82) is 0 Å². The van der Waals surface area contributed by atoms with E-state index in [4.69, 9.17) is 10.5 Å². The molecule has 0 amide bonds. The van der Waals surface area contributed by atoms with E-state index in [0.29, 0.717) is 17.9 Å². The Hall–Kier alpha value is -1.46. The van der Waals surface area contributed by atoms with Crippen LogP contribution in [0.3, 0.4) is 0 Å². The van der Waals surface area contributed by atoms with Crippen LogP contribution in [0.2, 0.25) is 0 Å². The van der Waals surface area contributed by atoms with Gasteiger partial charge in [-0.3, -0.25) is 0 Å². The first kappa shape index (κ1) is 14.9. The molecule has 0 aliphatic rings. The maximum absolute atomic E-state index is 11.6. The molecule has 2 N–H and O–H groups in total. The predicted molar refractivity (Wildman–Crippen MR) is 85.1 cm³/mol. The van der Waals surface area contributed by atoms with Gasteiger partial charge in [0.25, 0.3) is 0 Å². The van der Waals surface area contributed by atoms with Gasteiger partial charge in [0.05, 0.1) is 12.2 Å². The summed E-state index contributed by atoms with van der Waals surface area (Å²) in [5.74, 6) is -0.349. The highest BCUT2D eigenvalue weighted by Crippen LogP contribution is 2.33. The average molecular weight is 352 g/mol. The minimum atomic E-state index is -0.349. The molecule has 2 aromatic rings. The number of carbonyl (C=O) groups is 1. The summed E-state index contributed by atoms with van der Waals surface area (Å²) >= 11 is 4.99. The van der Waals surface area contributed by atoms with Crippen LogP contribution >= 0.6 is 27.7 Å². The van der Waals surface area contributed by atoms with Gasteiger partial charge in [-0.25, -0.2) is 4.79 Å². The number of benzene rings is 2. The van der Waals surface area contributed by atoms with Crippen molar-refractivity contribution < 1.29 is 9.53 Å². The molecule has 0 fully saturated rings. The van der Waals surface area contributed by atoms with Gasteiger partial charge in [-0.1, -0.05) is 33.8 Å². The first-order valence-electron chi connectivity index (χ1n) is 6.10. The highest BCUT2D eigenvalue weighted by molar-refractivity contribution is 9.10. The Morgan fingerprint density at radius 2 is 2.10 bits per heavy atom. The molecule has 0 radical (unpaired) electrons. The number of carbonyl (C=O) groups excluding carboxylic acids is 1. The monoisotopic (exact) mass is 351 g/mol. The highest BCUT2D eigenvalue weighted by atomic mass is 79.9. The first-order chi connectivity index (χ1) is 9.60. The normalized spacial score (nSPS) is 10.3. The molecule has 0 aliphatic carbocycles. The van der Waals surface area contributed by atoms with Gasteiger partial charge in [0, 0.05) is 20.0 Å². The van der Waals surface area contributed by atoms with Gasteiger partial charge in [-0.2, -0.15) is 0 Å². The minimum Gasteiger partial charge on any atom is -0.462 e. The Morgan fingerprint density at radius 1 is 1.30 bits per heavy atom. The molecule has 0 saturated heterocycles. The Morgan fingerprint density at radius 3 is 2.75 bits per heavy atom. The molecule has 0 unspecified atom stereocenters. The fourth-order valence-corrected chi connectivity index (χ4v) is 3.09. The molecular weight excluding hydrogens is 338 g/mol. The summed E-state index contributed by atoms with van der Waals surface area (Å²) in [5, 5.41) is 0. The van der Waals surface area contributed by atoms with E-state index >= 15 is 0 Å². The molecule has 0 atom stereocenters. The Labute approximate surface area is 130 Å². The van der Waals surface area contributed by atoms with Crippen molar-refractivity contribution in [3.05, 3.63) is 52.5 Å². The van der Waals surface area contributed by atoms with E-state index in [-0.39, 0.29) is 5.97 Å². The van der Waals surface area contributed by atoms with Gasteiger partial charge in [-0.05, 0) is 43.3 Å². The van der Waals surface area contributed by atoms with Crippen LogP contribution in [0.15, 0.2) is 56.7 Å². The summed E-state index contributed by atoms with van der Waals surface area (Å²) < 4.78 is 5.97. The summed E-state index contributed by atoms with van der Waals surface area (Å²) in [7, 11) is 0. The third kappa shape index (κ3) is 3.77. The van der Waals surface area contributed by atoms with E-state index in [9.17, 15) is 4.79 Å². The molecule has 2 aromatic carbocycles. The Bertz CT molecular complexity index is 631. The molecule has 2 rings (SSSR count). The number of halogens is 1. The fraction of sp³-hybridized carbons (Fsp3) is 0.133. The maximum Gasteiger partial charge on any atom is 0.338 e. The number of hydrogen-bond acceptors (Lipinski definition) is 4. The van der Waals surface area contributed by atoms with Crippen molar-refractivity contribution >= 4 is 39.3 Å². The van der Waals surface area contributed by atoms with E-state index in [1.54, 1.807) is 30.8 Å². The predicted octanol–water partition coefficient (Wildman–Crippen LogP) is 4.36. The van der Waals surface area contributed by atoms with Gasteiger partial charge < -0.3 is 10.5 Å². The second-order valence-corrected chi connectivity index (χ2v) is 6.06. The highest BCUT2D eigenvalue weighted by Gasteiger charge is 2.09. The molecule has 20 heavy (non-hydrogen) atoms. The minimum absolute atomic E-state index is 0.349. The summed E-state index contributed by atoms with van der Waals surface area (Å²) in [6.07, 6.45) is 0. The van der Waals surface area contributed by atoms with Crippen LogP contribution in [0.5, 0.6) is 0 Å². The number of nitrogen functional groups attached to an aromatic ring is 1. The lowest BCUT2D eigenvalue weighted by Gasteiger charge is -2.08. The lowest BCUT2D eigenvalue weighted by atomic mass is 10.2. The topological polar surface area (TPSA) is 52.3 Å². The second-order valence-electron chi connectivity index (χ2n) is 4.03. The summed E-state index contributed by atoms with van der Waals surface area (Å²) in [6.45, 7) is 2.13. The largest absolute Gasteiger partial charge is 0.462 e. The quantitative estimate of drug-likeness (QED) is 0.656. The van der Waals surface area contributed by atoms with Crippen LogP contribution in [0, 0.1) is 0 Å². The number of anilines is 1. The fourth-order valence-electron chi connectivity index (χ4n) is 1.64. The summed E-state index contributed by atoms with van der Waals surface area (Å²) in [4.78, 5) is 13.6. The molecule has 0 aliphatic heterocycles. The standard InChI is InChI=1S/C15H14BrNO2S/c1-2-19-15(18)10-6-7-14(13(17)8-10)20-12-5-3-4-11(16)9-12/h3-9H,2,17H2,1H3. The lowest BCUT2D eigenvalue weighted by Crippen LogP contribution is -2.05. The van der Waals surface area contributed by atoms with Gasteiger partial charge >= 0.3 is 5.97 Å². The zero-order chi connectivity index (χ0) is 14.5. The van der Waals surface area contributed by atoms with E-state index in [0.717, 1.165) is 14.3 Å². The molecule has 0 bridgehead atoms. The molecular formula is C15H14BrNO2S. The molecule has 0 saturated carbocycles. The molecule has 0 heterocycles. The summed E-state index contributed by atoms with van der Waals surface area (Å²) in [6, 6.07) is 13.2. The number of rotatable bonds is 4. The maximum atomic E-state index is 11.6. The van der Waals surface area contributed by atoms with Crippen LogP contribution in [0.25, 0.3) is 0 Å². The number of esters is 1. The van der Waals surface area contributed by atoms with E-state index in [1.165, 1.54) is 0 Å². The number of hydrogen-bond donors (Lipinski definition) is 1. The Balaban J connectivity index is 2.20. The first-order valence-corrected chi connectivity index (χ1v) is 7.71. The van der Waals surface area contributed by atoms with Crippen LogP contribution in [0.1, 0.15) is 17.3 Å². The molecule has 3 nitrogen and oxygen atoms in total. The molecule has 0 spiro atoms. The molecule has 104 valence electrons. The Kier molecular flexibility index (Phi) is 5.09. The summed E-state index contributed by atoms with van der Waals surface area (Å²) in [5.41, 5.74) is 7.05. The lowest BCUT2D eigenvalue weighted by molar-refractivity contribution is 0.0526. The zero-order valence-electron chi connectivity index (χ0n) is 10.9. The van der Waals surface area contributed by atoms with Gasteiger partial charge in [0.1, 0.15) is 0 Å². The van der Waals surface area contributed by atoms with Crippen LogP contribution < -0.4 is 5.73 Å². The van der Waals surface area contributed by atoms with Crippen molar-refractivity contribution in [1.82, 2.24) is 0 Å². The second kappa shape index (κ2) is 6.81. The third-order valence-corrected chi connectivity index (χ3v) is 4.12. The zero-order valence-corrected chi connectivity index (χ0v) is 13.3. The van der Waals surface area contributed by atoms with Crippen molar-refractivity contribution in [3.8, 4) is 0 Å². The molecule has 5 heteroatoms. The smallest absolute Gasteiger partial charge is 0.338 e. The number of ether oxygens (including phenoxy) is 1. The molecule has 0 aromatic heterocycles. The SMILES string of the molecule is CCOC(=O)c1ccc(Sc2cccc(Br)c2)c(N)c1. The van der Waals surface area contributed by atoms with Gasteiger partial charge in [0.2, 0.25) is 0 Å². The van der Waals surface area contributed by atoms with Crippen molar-refractivity contribution in [3.63, 3.8) is 0 Å². The number of nitrogens with two attached hydrogens (primary N) is 1. The average Bonchev–Trinajstić information content (AvgIpc) is 2.41. The van der Waals surface area contributed by atoms with Crippen LogP contribution in [-0.4, -0.2) is 12.6 Å². The van der Waals surface area contributed by atoms with Crippen molar-refractivity contribution in [2.24, 2.45) is 0 Å². The van der Waals surface area contributed by atoms with E-state index in [2.05, 4.69) is 15.9 Å². The van der Waals surface area contributed by atoms with Crippen LogP contribution in [-0.2, 0) is 4.74 Å². The van der Waals surface area contributed by atoms with E-state index in [1.807, 2.05) is 30.3 Å². The van der Waals surface area contributed by atoms with Gasteiger partial charge in [-0.15, -0.1) is 0 Å². The van der Waals surface area contributed by atoms with Gasteiger partial charge in [0.15, 0.2) is 0 Å².